The first-order chi connectivity index (χ1) is 11.6. The van der Waals surface area contributed by atoms with Gasteiger partial charge in [0, 0.05) is 5.92 Å². The van der Waals surface area contributed by atoms with E-state index in [0.29, 0.717) is 0 Å². The van der Waals surface area contributed by atoms with E-state index < -0.39 is 0 Å². The number of carbonyl (C=O) groups is 2. The molecule has 0 saturated heterocycles. The summed E-state index contributed by atoms with van der Waals surface area (Å²) in [5, 5.41) is 0. The van der Waals surface area contributed by atoms with Crippen molar-refractivity contribution in [1.29, 1.82) is 0 Å². The number of carbonyl (C=O) groups excluding carboxylic acids is 2. The van der Waals surface area contributed by atoms with Crippen molar-refractivity contribution in [2.45, 2.75) is 111 Å². The Kier molecular flexibility index (Phi) is 23.3. The molecule has 2 heteroatoms. The fraction of sp³-hybridized carbons (Fsp3) is 0.818. The normalized spacial score (nSPS) is 12.2. The SMILES string of the molecule is CCCCCCCC=C(C)C=O.CCCCCCCCC(C)C=O. The second-order valence-corrected chi connectivity index (χ2v) is 6.94. The van der Waals surface area contributed by atoms with E-state index in [1.807, 2.05) is 19.9 Å². The fourth-order valence-corrected chi connectivity index (χ4v) is 2.44. The molecular formula is C22H42O2. The highest BCUT2D eigenvalue weighted by Gasteiger charge is 1.98. The number of aldehydes is 2. The number of allylic oxidation sites excluding steroid dienone is 2. The molecule has 0 radical (unpaired) electrons. The van der Waals surface area contributed by atoms with Gasteiger partial charge in [0.1, 0.15) is 12.6 Å². The Bertz CT molecular complexity index is 294. The molecule has 0 aromatic carbocycles. The van der Waals surface area contributed by atoms with Crippen molar-refractivity contribution in [3.05, 3.63) is 11.6 Å². The van der Waals surface area contributed by atoms with Crippen molar-refractivity contribution >= 4 is 12.6 Å². The minimum Gasteiger partial charge on any atom is -0.303 e. The molecule has 0 rings (SSSR count). The van der Waals surface area contributed by atoms with Gasteiger partial charge in [-0.05, 0) is 31.8 Å². The van der Waals surface area contributed by atoms with Gasteiger partial charge >= 0.3 is 0 Å². The molecule has 2 nitrogen and oxygen atoms in total. The van der Waals surface area contributed by atoms with Crippen molar-refractivity contribution in [3.8, 4) is 0 Å². The largest absolute Gasteiger partial charge is 0.303 e. The molecule has 0 bridgehead atoms. The van der Waals surface area contributed by atoms with E-state index in [1.54, 1.807) is 0 Å². The van der Waals surface area contributed by atoms with E-state index in [1.165, 1.54) is 70.6 Å². The van der Waals surface area contributed by atoms with E-state index >= 15 is 0 Å². The fourth-order valence-electron chi connectivity index (χ4n) is 2.44. The van der Waals surface area contributed by atoms with Gasteiger partial charge in [-0.25, -0.2) is 0 Å². The lowest BCUT2D eigenvalue weighted by Crippen LogP contribution is -1.94. The minimum absolute atomic E-state index is 0.274. The molecule has 0 aliphatic rings. The lowest BCUT2D eigenvalue weighted by molar-refractivity contribution is -0.110. The number of hydrogen-bond donors (Lipinski definition) is 0. The van der Waals surface area contributed by atoms with Gasteiger partial charge in [-0.1, -0.05) is 91.1 Å². The van der Waals surface area contributed by atoms with Crippen LogP contribution in [0, 0.1) is 5.92 Å². The van der Waals surface area contributed by atoms with Crippen LogP contribution in [0.1, 0.15) is 111 Å². The first-order valence-corrected chi connectivity index (χ1v) is 10.2. The first kappa shape index (κ1) is 25.3. The van der Waals surface area contributed by atoms with Crippen LogP contribution in [-0.2, 0) is 9.59 Å². The molecule has 1 atom stereocenters. The predicted octanol–water partition coefficient (Wildman–Crippen LogP) is 7.06. The Hall–Kier alpha value is -0.920. The van der Waals surface area contributed by atoms with E-state index in [-0.39, 0.29) is 5.92 Å². The molecule has 0 spiro atoms. The zero-order valence-corrected chi connectivity index (χ0v) is 16.8. The minimum atomic E-state index is 0.274. The molecule has 0 heterocycles. The van der Waals surface area contributed by atoms with Crippen LogP contribution in [0.4, 0.5) is 0 Å². The summed E-state index contributed by atoms with van der Waals surface area (Å²) in [5.41, 5.74) is 0.866. The predicted molar refractivity (Wildman–Crippen MR) is 106 cm³/mol. The monoisotopic (exact) mass is 338 g/mol. The lowest BCUT2D eigenvalue weighted by atomic mass is 10.0. The van der Waals surface area contributed by atoms with Gasteiger partial charge in [0.15, 0.2) is 0 Å². The third-order valence-corrected chi connectivity index (χ3v) is 4.21. The summed E-state index contributed by atoms with van der Waals surface area (Å²) in [6.45, 7) is 8.31. The summed E-state index contributed by atoms with van der Waals surface area (Å²) in [6, 6.07) is 0. The standard InChI is InChI=1S/C11H22O.C11H20O/c2*1-3-4-5-6-7-8-9-11(2)10-12/h10-11H,3-9H2,1-2H3;9-10H,3-8H2,1-2H3. The zero-order valence-electron chi connectivity index (χ0n) is 16.8. The molecule has 24 heavy (non-hydrogen) atoms. The van der Waals surface area contributed by atoms with Crippen LogP contribution >= 0.6 is 0 Å². The molecule has 0 aromatic rings. The molecule has 0 aliphatic heterocycles. The maximum atomic E-state index is 10.3. The van der Waals surface area contributed by atoms with Crippen LogP contribution < -0.4 is 0 Å². The summed E-state index contributed by atoms with van der Waals surface area (Å²) in [5.74, 6) is 0.274. The molecule has 0 amide bonds. The number of unbranched alkanes of at least 4 members (excludes halogenated alkanes) is 10. The van der Waals surface area contributed by atoms with Gasteiger partial charge in [-0.2, -0.15) is 0 Å². The third kappa shape index (κ3) is 23.3. The van der Waals surface area contributed by atoms with E-state index in [0.717, 1.165) is 31.0 Å². The maximum absolute atomic E-state index is 10.3. The summed E-state index contributed by atoms with van der Waals surface area (Å²) < 4.78 is 0. The summed E-state index contributed by atoms with van der Waals surface area (Å²) in [4.78, 5) is 20.5. The molecular weight excluding hydrogens is 296 g/mol. The second-order valence-electron chi connectivity index (χ2n) is 6.94. The van der Waals surface area contributed by atoms with Gasteiger partial charge in [-0.3, -0.25) is 4.79 Å². The van der Waals surface area contributed by atoms with Gasteiger partial charge in [0.05, 0.1) is 0 Å². The van der Waals surface area contributed by atoms with Crippen LogP contribution in [0.5, 0.6) is 0 Å². The second kappa shape index (κ2) is 22.1. The van der Waals surface area contributed by atoms with Gasteiger partial charge < -0.3 is 4.79 Å². The Morgan fingerprint density at radius 3 is 1.79 bits per heavy atom. The first-order valence-electron chi connectivity index (χ1n) is 10.2. The molecule has 0 saturated carbocycles. The Morgan fingerprint density at radius 1 is 0.792 bits per heavy atom. The Morgan fingerprint density at radius 2 is 1.29 bits per heavy atom. The lowest BCUT2D eigenvalue weighted by Gasteiger charge is -2.02. The summed E-state index contributed by atoms with van der Waals surface area (Å²) >= 11 is 0. The van der Waals surface area contributed by atoms with Crippen LogP contribution in [0.15, 0.2) is 11.6 Å². The topological polar surface area (TPSA) is 34.1 Å². The van der Waals surface area contributed by atoms with Crippen LogP contribution in [0.3, 0.4) is 0 Å². The average molecular weight is 339 g/mol. The molecule has 142 valence electrons. The van der Waals surface area contributed by atoms with E-state index in [2.05, 4.69) is 13.8 Å². The van der Waals surface area contributed by atoms with Crippen LogP contribution in [0.25, 0.3) is 0 Å². The van der Waals surface area contributed by atoms with Crippen LogP contribution in [-0.4, -0.2) is 12.6 Å². The van der Waals surface area contributed by atoms with Crippen LogP contribution in [0.2, 0.25) is 0 Å². The highest BCUT2D eigenvalue weighted by Crippen LogP contribution is 2.10. The maximum Gasteiger partial charge on any atom is 0.145 e. The number of rotatable bonds is 15. The van der Waals surface area contributed by atoms with E-state index in [4.69, 9.17) is 0 Å². The molecule has 0 aliphatic carbocycles. The highest BCUT2D eigenvalue weighted by atomic mass is 16.1. The Labute approximate surface area is 151 Å². The quantitative estimate of drug-likeness (QED) is 0.182. The molecule has 1 unspecified atom stereocenters. The third-order valence-electron chi connectivity index (χ3n) is 4.21. The average Bonchev–Trinajstić information content (AvgIpc) is 2.61. The van der Waals surface area contributed by atoms with Crippen molar-refractivity contribution in [2.75, 3.05) is 0 Å². The van der Waals surface area contributed by atoms with Crippen molar-refractivity contribution in [1.82, 2.24) is 0 Å². The molecule has 0 fully saturated rings. The number of hydrogen-bond acceptors (Lipinski definition) is 2. The zero-order chi connectivity index (χ0) is 18.5. The summed E-state index contributed by atoms with van der Waals surface area (Å²) in [7, 11) is 0. The van der Waals surface area contributed by atoms with Gasteiger partial charge in [-0.15, -0.1) is 0 Å². The van der Waals surface area contributed by atoms with Crippen molar-refractivity contribution < 1.29 is 9.59 Å². The van der Waals surface area contributed by atoms with Gasteiger partial charge in [0.25, 0.3) is 0 Å². The van der Waals surface area contributed by atoms with Gasteiger partial charge in [0.2, 0.25) is 0 Å². The highest BCUT2D eigenvalue weighted by molar-refractivity contribution is 5.71. The summed E-state index contributed by atoms with van der Waals surface area (Å²) in [6.07, 6.45) is 20.6. The van der Waals surface area contributed by atoms with E-state index in [9.17, 15) is 9.59 Å². The van der Waals surface area contributed by atoms with Crippen molar-refractivity contribution in [3.63, 3.8) is 0 Å². The Balaban J connectivity index is 0. The van der Waals surface area contributed by atoms with Crippen molar-refractivity contribution in [2.24, 2.45) is 5.92 Å². The molecule has 0 aromatic heterocycles. The smallest absolute Gasteiger partial charge is 0.145 e. The molecule has 0 N–H and O–H groups in total.